The predicted octanol–water partition coefficient (Wildman–Crippen LogP) is 2.17. The Bertz CT molecular complexity index is 917. The van der Waals surface area contributed by atoms with Crippen LogP contribution in [-0.2, 0) is 14.4 Å². The van der Waals surface area contributed by atoms with Gasteiger partial charge in [0.15, 0.2) is 5.76 Å². The van der Waals surface area contributed by atoms with Crippen molar-refractivity contribution in [2.75, 3.05) is 11.4 Å². The van der Waals surface area contributed by atoms with Crippen LogP contribution in [0.5, 0.6) is 5.75 Å². The molecule has 28 heavy (non-hydrogen) atoms. The number of carbonyl (C=O) groups is 4. The Morgan fingerprint density at radius 2 is 2.00 bits per heavy atom. The number of carbonyl (C=O) groups excluding carboxylic acids is 4. The third kappa shape index (κ3) is 3.71. The summed E-state index contributed by atoms with van der Waals surface area (Å²) in [6, 6.07) is 8.07. The van der Waals surface area contributed by atoms with Crippen LogP contribution in [0.15, 0.2) is 59.7 Å². The first-order valence-electron chi connectivity index (χ1n) is 8.53. The van der Waals surface area contributed by atoms with Crippen molar-refractivity contribution in [3.63, 3.8) is 0 Å². The third-order valence-electron chi connectivity index (χ3n) is 4.17. The van der Waals surface area contributed by atoms with Crippen molar-refractivity contribution in [2.45, 2.75) is 19.4 Å². The van der Waals surface area contributed by atoms with E-state index in [0.717, 1.165) is 4.90 Å². The molecule has 1 aromatic heterocycles. The lowest BCUT2D eigenvalue weighted by atomic mass is 10.2. The van der Waals surface area contributed by atoms with E-state index in [1.54, 1.807) is 6.07 Å². The summed E-state index contributed by atoms with van der Waals surface area (Å²) in [6.07, 6.45) is 2.69. The third-order valence-corrected chi connectivity index (χ3v) is 4.17. The summed E-state index contributed by atoms with van der Waals surface area (Å²) in [4.78, 5) is 51.4. The van der Waals surface area contributed by atoms with Crippen molar-refractivity contribution < 1.29 is 28.3 Å². The molecule has 0 aliphatic carbocycles. The minimum Gasteiger partial charge on any atom is -0.459 e. The van der Waals surface area contributed by atoms with Gasteiger partial charge in [0.05, 0.1) is 18.4 Å². The molecule has 2 heterocycles. The molecule has 0 spiro atoms. The van der Waals surface area contributed by atoms with Crippen molar-refractivity contribution in [1.82, 2.24) is 4.90 Å². The average molecular weight is 382 g/mol. The SMILES string of the molecule is C=CCN(C(=O)c1ccco1)C1CC(=O)N(c2ccc(OC(C)=O)cc2)C1=O. The van der Waals surface area contributed by atoms with E-state index >= 15 is 0 Å². The van der Waals surface area contributed by atoms with Crippen LogP contribution < -0.4 is 9.64 Å². The van der Waals surface area contributed by atoms with Gasteiger partial charge in [-0.25, -0.2) is 4.90 Å². The van der Waals surface area contributed by atoms with Crippen LogP contribution in [0.1, 0.15) is 23.9 Å². The lowest BCUT2D eigenvalue weighted by Crippen LogP contribution is -2.45. The van der Waals surface area contributed by atoms with Gasteiger partial charge in [0, 0.05) is 13.5 Å². The number of furan rings is 1. The molecule has 0 bridgehead atoms. The smallest absolute Gasteiger partial charge is 0.308 e. The largest absolute Gasteiger partial charge is 0.459 e. The van der Waals surface area contributed by atoms with Crippen molar-refractivity contribution in [3.05, 3.63) is 61.1 Å². The molecule has 0 radical (unpaired) electrons. The molecule has 8 nitrogen and oxygen atoms in total. The Labute approximate surface area is 161 Å². The van der Waals surface area contributed by atoms with Gasteiger partial charge >= 0.3 is 5.97 Å². The molecule has 0 saturated carbocycles. The summed E-state index contributed by atoms with van der Waals surface area (Å²) >= 11 is 0. The van der Waals surface area contributed by atoms with Crippen molar-refractivity contribution in [2.24, 2.45) is 0 Å². The van der Waals surface area contributed by atoms with Crippen LogP contribution in [0, 0.1) is 0 Å². The van der Waals surface area contributed by atoms with Crippen LogP contribution in [0.4, 0.5) is 5.69 Å². The standard InChI is InChI=1S/C20H18N2O6/c1-3-10-21(20(26)17-5-4-11-27-17)16-12-18(24)22(19(16)25)14-6-8-15(9-7-14)28-13(2)23/h3-9,11,16H,1,10,12H2,2H3. The van der Waals surface area contributed by atoms with E-state index in [9.17, 15) is 19.2 Å². The van der Waals surface area contributed by atoms with Crippen molar-refractivity contribution in [1.29, 1.82) is 0 Å². The second kappa shape index (κ2) is 7.91. The number of esters is 1. The Morgan fingerprint density at radius 1 is 1.29 bits per heavy atom. The number of nitrogens with zero attached hydrogens (tertiary/aromatic N) is 2. The molecule has 8 heteroatoms. The van der Waals surface area contributed by atoms with Crippen LogP contribution >= 0.6 is 0 Å². The molecule has 1 atom stereocenters. The van der Waals surface area contributed by atoms with E-state index in [0.29, 0.717) is 11.4 Å². The summed E-state index contributed by atoms with van der Waals surface area (Å²) in [6.45, 7) is 4.97. The lowest BCUT2D eigenvalue weighted by Gasteiger charge is -2.25. The zero-order valence-corrected chi connectivity index (χ0v) is 15.2. The fraction of sp³-hybridized carbons (Fsp3) is 0.200. The highest BCUT2D eigenvalue weighted by Gasteiger charge is 2.44. The molecule has 1 aromatic carbocycles. The Kier molecular flexibility index (Phi) is 5.39. The van der Waals surface area contributed by atoms with Gasteiger partial charge in [-0.2, -0.15) is 0 Å². The molecule has 1 aliphatic heterocycles. The molecule has 144 valence electrons. The minimum atomic E-state index is -0.962. The fourth-order valence-electron chi connectivity index (χ4n) is 2.99. The maximum absolute atomic E-state index is 12.9. The van der Waals surface area contributed by atoms with Crippen LogP contribution in [-0.4, -0.2) is 41.2 Å². The monoisotopic (exact) mass is 382 g/mol. The highest BCUT2D eigenvalue weighted by molar-refractivity contribution is 6.23. The maximum Gasteiger partial charge on any atom is 0.308 e. The van der Waals surface area contributed by atoms with Gasteiger partial charge in [0.1, 0.15) is 11.8 Å². The first kappa shape index (κ1) is 19.1. The van der Waals surface area contributed by atoms with Crippen LogP contribution in [0.2, 0.25) is 0 Å². The highest BCUT2D eigenvalue weighted by Crippen LogP contribution is 2.28. The van der Waals surface area contributed by atoms with E-state index in [2.05, 4.69) is 6.58 Å². The molecular formula is C20H18N2O6. The quantitative estimate of drug-likeness (QED) is 0.329. The van der Waals surface area contributed by atoms with Gasteiger partial charge < -0.3 is 14.1 Å². The number of benzene rings is 1. The second-order valence-electron chi connectivity index (χ2n) is 6.10. The maximum atomic E-state index is 12.9. The molecule has 1 unspecified atom stereocenters. The van der Waals surface area contributed by atoms with E-state index in [4.69, 9.17) is 9.15 Å². The first-order valence-corrected chi connectivity index (χ1v) is 8.53. The molecule has 0 N–H and O–H groups in total. The van der Waals surface area contributed by atoms with E-state index < -0.39 is 29.7 Å². The number of imide groups is 1. The number of ether oxygens (including phenoxy) is 1. The van der Waals surface area contributed by atoms with Crippen LogP contribution in [0.25, 0.3) is 0 Å². The average Bonchev–Trinajstić information content (AvgIpc) is 3.28. The Hall–Kier alpha value is -3.68. The predicted molar refractivity (Wildman–Crippen MR) is 98.6 cm³/mol. The summed E-state index contributed by atoms with van der Waals surface area (Å²) in [5.41, 5.74) is 0.331. The van der Waals surface area contributed by atoms with Gasteiger partial charge in [-0.3, -0.25) is 19.2 Å². The molecule has 3 rings (SSSR count). The number of amides is 3. The summed E-state index contributed by atoms with van der Waals surface area (Å²) < 4.78 is 10.1. The van der Waals surface area contributed by atoms with E-state index in [1.807, 2.05) is 0 Å². The van der Waals surface area contributed by atoms with Crippen molar-refractivity contribution in [3.8, 4) is 5.75 Å². The highest BCUT2D eigenvalue weighted by atomic mass is 16.5. The van der Waals surface area contributed by atoms with Gasteiger partial charge in [-0.15, -0.1) is 6.58 Å². The van der Waals surface area contributed by atoms with E-state index in [-0.39, 0.29) is 18.7 Å². The fourth-order valence-corrected chi connectivity index (χ4v) is 2.99. The second-order valence-corrected chi connectivity index (χ2v) is 6.10. The minimum absolute atomic E-state index is 0.0753. The summed E-state index contributed by atoms with van der Waals surface area (Å²) in [5, 5.41) is 0. The zero-order valence-electron chi connectivity index (χ0n) is 15.2. The summed E-state index contributed by atoms with van der Waals surface area (Å²) in [7, 11) is 0. The van der Waals surface area contributed by atoms with Gasteiger partial charge in [0.2, 0.25) is 5.91 Å². The number of rotatable bonds is 6. The van der Waals surface area contributed by atoms with Gasteiger partial charge in [0.25, 0.3) is 11.8 Å². The van der Waals surface area contributed by atoms with E-state index in [1.165, 1.54) is 54.5 Å². The normalized spacial score (nSPS) is 16.2. The number of hydrogen-bond acceptors (Lipinski definition) is 6. The lowest BCUT2D eigenvalue weighted by molar-refractivity contribution is -0.132. The molecule has 1 aliphatic rings. The van der Waals surface area contributed by atoms with Crippen molar-refractivity contribution >= 4 is 29.4 Å². The number of anilines is 1. The first-order chi connectivity index (χ1) is 13.4. The molecular weight excluding hydrogens is 364 g/mol. The number of hydrogen-bond donors (Lipinski definition) is 0. The van der Waals surface area contributed by atoms with Gasteiger partial charge in [-0.05, 0) is 36.4 Å². The summed E-state index contributed by atoms with van der Waals surface area (Å²) in [5.74, 6) is -1.55. The molecule has 3 amide bonds. The zero-order chi connectivity index (χ0) is 20.3. The molecule has 2 aromatic rings. The Balaban J connectivity index is 1.84. The van der Waals surface area contributed by atoms with Gasteiger partial charge in [-0.1, -0.05) is 6.08 Å². The molecule has 1 saturated heterocycles. The van der Waals surface area contributed by atoms with Crippen LogP contribution in [0.3, 0.4) is 0 Å². The molecule has 1 fully saturated rings. The topological polar surface area (TPSA) is 97.1 Å². The Morgan fingerprint density at radius 3 is 2.57 bits per heavy atom.